The largest absolute Gasteiger partial charge is 0.306 e. The third-order valence-corrected chi connectivity index (χ3v) is 6.70. The van der Waals surface area contributed by atoms with Crippen LogP contribution in [0.2, 0.25) is 0 Å². The molecule has 1 N–H and O–H groups in total. The Hall–Kier alpha value is -3.25. The van der Waals surface area contributed by atoms with Crippen molar-refractivity contribution in [1.82, 2.24) is 9.78 Å². The standard InChI is InChI=1S/C24H21N3O2S/c1-15-7-10-22(16(2)11-15)27-23(20-13-30(29)14-21(20)26-27)25-24(28)19-9-8-17-5-3-4-6-18(17)12-19/h3-12H,13-14H2,1-2H3,(H,25,28)/t30-/m0/s1. The molecule has 3 aromatic carbocycles. The van der Waals surface area contributed by atoms with Gasteiger partial charge >= 0.3 is 0 Å². The number of hydrogen-bond acceptors (Lipinski definition) is 3. The van der Waals surface area contributed by atoms with Crippen molar-refractivity contribution in [1.29, 1.82) is 0 Å². The molecule has 150 valence electrons. The van der Waals surface area contributed by atoms with E-state index < -0.39 is 10.8 Å². The summed E-state index contributed by atoms with van der Waals surface area (Å²) in [5, 5.41) is 9.87. The smallest absolute Gasteiger partial charge is 0.256 e. The lowest BCUT2D eigenvalue weighted by atomic mass is 10.1. The number of hydrogen-bond donors (Lipinski definition) is 1. The second kappa shape index (κ2) is 7.22. The van der Waals surface area contributed by atoms with Crippen LogP contribution < -0.4 is 5.32 Å². The highest BCUT2D eigenvalue weighted by molar-refractivity contribution is 7.83. The van der Waals surface area contributed by atoms with Crippen molar-refractivity contribution in [2.24, 2.45) is 0 Å². The van der Waals surface area contributed by atoms with Gasteiger partial charge in [0.2, 0.25) is 0 Å². The summed E-state index contributed by atoms with van der Waals surface area (Å²) < 4.78 is 13.9. The van der Waals surface area contributed by atoms with Gasteiger partial charge in [-0.2, -0.15) is 5.10 Å². The summed E-state index contributed by atoms with van der Waals surface area (Å²) >= 11 is 0. The van der Waals surface area contributed by atoms with Gasteiger partial charge in [0, 0.05) is 21.9 Å². The number of nitrogens with one attached hydrogen (secondary N) is 1. The van der Waals surface area contributed by atoms with Gasteiger partial charge in [-0.1, -0.05) is 48.0 Å². The lowest BCUT2D eigenvalue weighted by Gasteiger charge is -2.14. The Labute approximate surface area is 177 Å². The van der Waals surface area contributed by atoms with Gasteiger partial charge in [0.05, 0.1) is 22.9 Å². The number of aromatic nitrogens is 2. The Morgan fingerprint density at radius 3 is 2.60 bits per heavy atom. The van der Waals surface area contributed by atoms with E-state index in [1.54, 1.807) is 4.68 Å². The Balaban J connectivity index is 1.57. The molecule has 0 spiro atoms. The fraction of sp³-hybridized carbons (Fsp3) is 0.167. The zero-order valence-electron chi connectivity index (χ0n) is 16.8. The van der Waals surface area contributed by atoms with Crippen LogP contribution in [-0.2, 0) is 22.3 Å². The van der Waals surface area contributed by atoms with E-state index in [0.29, 0.717) is 22.9 Å². The summed E-state index contributed by atoms with van der Waals surface area (Å²) in [5.41, 5.74) is 5.38. The van der Waals surface area contributed by atoms with Gasteiger partial charge in [-0.05, 0) is 48.4 Å². The minimum Gasteiger partial charge on any atom is -0.306 e. The molecule has 0 bridgehead atoms. The van der Waals surface area contributed by atoms with E-state index in [9.17, 15) is 9.00 Å². The highest BCUT2D eigenvalue weighted by Crippen LogP contribution is 2.32. The van der Waals surface area contributed by atoms with Gasteiger partial charge in [0.15, 0.2) is 0 Å². The SMILES string of the molecule is Cc1ccc(-n2nc3c(c2NC(=O)c2ccc4ccccc4c2)C[S@](=O)C3)c(C)c1. The molecule has 0 aliphatic carbocycles. The highest BCUT2D eigenvalue weighted by atomic mass is 32.2. The molecule has 5 rings (SSSR count). The Morgan fingerprint density at radius 1 is 1.00 bits per heavy atom. The van der Waals surface area contributed by atoms with E-state index in [-0.39, 0.29) is 5.91 Å². The molecule has 1 amide bonds. The first-order chi connectivity index (χ1) is 14.5. The second-order valence-electron chi connectivity index (χ2n) is 7.72. The molecule has 2 heterocycles. The predicted octanol–water partition coefficient (Wildman–Crippen LogP) is 4.66. The van der Waals surface area contributed by atoms with Crippen molar-refractivity contribution in [2.45, 2.75) is 25.4 Å². The fourth-order valence-electron chi connectivity index (χ4n) is 3.98. The molecule has 0 unspecified atom stereocenters. The maximum atomic E-state index is 13.1. The van der Waals surface area contributed by atoms with Gasteiger partial charge in [-0.25, -0.2) is 4.68 Å². The Kier molecular flexibility index (Phi) is 4.51. The molecule has 4 aromatic rings. The minimum absolute atomic E-state index is 0.202. The van der Waals surface area contributed by atoms with Crippen LogP contribution in [-0.4, -0.2) is 19.9 Å². The number of nitrogens with zero attached hydrogens (tertiary/aromatic N) is 2. The summed E-state index contributed by atoms with van der Waals surface area (Å²) in [6.45, 7) is 4.08. The molecule has 0 fully saturated rings. The van der Waals surface area contributed by atoms with Crippen LogP contribution in [0.1, 0.15) is 32.7 Å². The number of carbonyl (C=O) groups excluding carboxylic acids is 1. The van der Waals surface area contributed by atoms with E-state index in [1.807, 2.05) is 68.4 Å². The molecule has 1 aliphatic heterocycles. The number of fused-ring (bicyclic) bond motifs is 2. The van der Waals surface area contributed by atoms with Crippen molar-refractivity contribution in [3.8, 4) is 5.69 Å². The second-order valence-corrected chi connectivity index (χ2v) is 9.18. The van der Waals surface area contributed by atoms with Crippen molar-refractivity contribution in [2.75, 3.05) is 5.32 Å². The predicted molar refractivity (Wildman–Crippen MR) is 120 cm³/mol. The van der Waals surface area contributed by atoms with Crippen LogP contribution in [0.5, 0.6) is 0 Å². The molecular formula is C24H21N3O2S. The van der Waals surface area contributed by atoms with Crippen LogP contribution in [0.25, 0.3) is 16.5 Å². The molecule has 0 radical (unpaired) electrons. The monoisotopic (exact) mass is 415 g/mol. The van der Waals surface area contributed by atoms with E-state index in [2.05, 4.69) is 11.4 Å². The van der Waals surface area contributed by atoms with Gasteiger partial charge in [0.25, 0.3) is 5.91 Å². The van der Waals surface area contributed by atoms with E-state index in [4.69, 9.17) is 5.10 Å². The molecular weight excluding hydrogens is 394 g/mol. The lowest BCUT2D eigenvalue weighted by Crippen LogP contribution is -2.17. The number of rotatable bonds is 3. The molecule has 1 aliphatic rings. The average Bonchev–Trinajstić information content (AvgIpc) is 3.24. The quantitative estimate of drug-likeness (QED) is 0.529. The topological polar surface area (TPSA) is 64.0 Å². The summed E-state index contributed by atoms with van der Waals surface area (Å²) in [7, 11) is -0.977. The summed E-state index contributed by atoms with van der Waals surface area (Å²) in [4.78, 5) is 13.1. The third-order valence-electron chi connectivity index (χ3n) is 5.49. The molecule has 0 saturated heterocycles. The van der Waals surface area contributed by atoms with Crippen molar-refractivity contribution >= 4 is 33.3 Å². The average molecular weight is 416 g/mol. The molecule has 1 aromatic heterocycles. The van der Waals surface area contributed by atoms with Gasteiger partial charge in [-0.3, -0.25) is 9.00 Å². The zero-order chi connectivity index (χ0) is 20.8. The van der Waals surface area contributed by atoms with Crippen molar-refractivity contribution in [3.63, 3.8) is 0 Å². The molecule has 0 saturated carbocycles. The lowest BCUT2D eigenvalue weighted by molar-refractivity contribution is 0.102. The molecule has 5 nitrogen and oxygen atoms in total. The first-order valence-electron chi connectivity index (χ1n) is 9.83. The molecule has 6 heteroatoms. The van der Waals surface area contributed by atoms with Crippen molar-refractivity contribution in [3.05, 3.63) is 88.6 Å². The third kappa shape index (κ3) is 3.23. The minimum atomic E-state index is -0.977. The normalized spacial score (nSPS) is 15.3. The number of aryl methyl sites for hydroxylation is 2. The Bertz CT molecular complexity index is 1340. The van der Waals surface area contributed by atoms with E-state index in [0.717, 1.165) is 33.3 Å². The van der Waals surface area contributed by atoms with Crippen LogP contribution in [0, 0.1) is 13.8 Å². The molecule has 1 atom stereocenters. The van der Waals surface area contributed by atoms with Crippen molar-refractivity contribution < 1.29 is 9.00 Å². The fourth-order valence-corrected chi connectivity index (χ4v) is 5.25. The summed E-state index contributed by atoms with van der Waals surface area (Å²) in [6.07, 6.45) is 0. The van der Waals surface area contributed by atoms with Gasteiger partial charge in [-0.15, -0.1) is 0 Å². The maximum absolute atomic E-state index is 13.1. The Morgan fingerprint density at radius 2 is 1.80 bits per heavy atom. The van der Waals surface area contributed by atoms with Gasteiger partial charge in [0.1, 0.15) is 5.82 Å². The van der Waals surface area contributed by atoms with Crippen LogP contribution in [0.3, 0.4) is 0 Å². The molecule has 30 heavy (non-hydrogen) atoms. The van der Waals surface area contributed by atoms with E-state index in [1.165, 1.54) is 5.56 Å². The summed E-state index contributed by atoms with van der Waals surface area (Å²) in [6, 6.07) is 19.8. The number of amides is 1. The van der Waals surface area contributed by atoms with Crippen LogP contribution in [0.15, 0.2) is 60.7 Å². The highest BCUT2D eigenvalue weighted by Gasteiger charge is 2.29. The van der Waals surface area contributed by atoms with Gasteiger partial charge < -0.3 is 5.32 Å². The number of benzene rings is 3. The first-order valence-corrected chi connectivity index (χ1v) is 11.3. The zero-order valence-corrected chi connectivity index (χ0v) is 17.6. The number of carbonyl (C=O) groups is 1. The maximum Gasteiger partial charge on any atom is 0.256 e. The first kappa shape index (κ1) is 18.8. The van der Waals surface area contributed by atoms with Crippen LogP contribution >= 0.6 is 0 Å². The van der Waals surface area contributed by atoms with Crippen LogP contribution in [0.4, 0.5) is 5.82 Å². The number of anilines is 1. The summed E-state index contributed by atoms with van der Waals surface area (Å²) in [5.74, 6) is 1.24. The van der Waals surface area contributed by atoms with E-state index >= 15 is 0 Å².